The Bertz CT molecular complexity index is 287. The zero-order valence-electron chi connectivity index (χ0n) is 10.0. The molecule has 1 amide bonds. The van der Waals surface area contributed by atoms with Gasteiger partial charge in [-0.1, -0.05) is 5.22 Å². The quantitative estimate of drug-likeness (QED) is 0.257. The van der Waals surface area contributed by atoms with Crippen LogP contribution < -0.4 is 16.1 Å². The van der Waals surface area contributed by atoms with Gasteiger partial charge >= 0.3 is 0 Å². The van der Waals surface area contributed by atoms with Gasteiger partial charge in [0.1, 0.15) is 0 Å². The van der Waals surface area contributed by atoms with E-state index in [4.69, 9.17) is 10.9 Å². The summed E-state index contributed by atoms with van der Waals surface area (Å²) in [5.74, 6) is -0.154. The molecule has 0 radical (unpaired) electrons. The van der Waals surface area contributed by atoms with Gasteiger partial charge in [-0.05, 0) is 38.9 Å². The van der Waals surface area contributed by atoms with Gasteiger partial charge in [-0.2, -0.15) is 5.53 Å². The van der Waals surface area contributed by atoms with E-state index >= 15 is 0 Å². The highest BCUT2D eigenvalue weighted by molar-refractivity contribution is 6.37. The fourth-order valence-electron chi connectivity index (χ4n) is 2.16. The Balaban J connectivity index is 2.47. The maximum absolute atomic E-state index is 11.3. The van der Waals surface area contributed by atoms with Gasteiger partial charge in [0.25, 0.3) is 5.91 Å². The van der Waals surface area contributed by atoms with Crippen molar-refractivity contribution in [2.24, 2.45) is 11.1 Å². The van der Waals surface area contributed by atoms with E-state index in [1.54, 1.807) is 0 Å². The molecule has 2 atom stereocenters. The molecule has 0 aromatic rings. The molecule has 1 aliphatic heterocycles. The molecule has 0 saturated carbocycles. The summed E-state index contributed by atoms with van der Waals surface area (Å²) in [4.78, 5) is 11.3. The first-order valence-electron chi connectivity index (χ1n) is 5.81. The molecule has 17 heavy (non-hydrogen) atoms. The third kappa shape index (κ3) is 4.20. The first-order valence-corrected chi connectivity index (χ1v) is 5.81. The molecule has 1 aliphatic rings. The van der Waals surface area contributed by atoms with Gasteiger partial charge in [0.2, 0.25) is 0 Å². The second kappa shape index (κ2) is 7.08. The summed E-state index contributed by atoms with van der Waals surface area (Å²) in [7, 11) is 1.85. The zero-order valence-corrected chi connectivity index (χ0v) is 10.0. The zero-order chi connectivity index (χ0) is 12.7. The van der Waals surface area contributed by atoms with Crippen molar-refractivity contribution >= 4 is 11.6 Å². The van der Waals surface area contributed by atoms with Gasteiger partial charge in [-0.3, -0.25) is 10.2 Å². The van der Waals surface area contributed by atoms with Crippen LogP contribution in [0.1, 0.15) is 19.3 Å². The van der Waals surface area contributed by atoms with Gasteiger partial charge in [-0.25, -0.2) is 5.43 Å². The van der Waals surface area contributed by atoms with E-state index in [1.165, 1.54) is 0 Å². The molecule has 0 spiro atoms. The summed E-state index contributed by atoms with van der Waals surface area (Å²) < 4.78 is 0. The normalized spacial score (nSPS) is 21.6. The summed E-state index contributed by atoms with van der Waals surface area (Å²) in [6.45, 7) is 1.96. The van der Waals surface area contributed by atoms with Crippen LogP contribution in [-0.2, 0) is 4.79 Å². The van der Waals surface area contributed by atoms with Crippen molar-refractivity contribution in [3.05, 3.63) is 0 Å². The summed E-state index contributed by atoms with van der Waals surface area (Å²) in [5.41, 5.74) is 8.45. The first-order chi connectivity index (χ1) is 8.19. The van der Waals surface area contributed by atoms with E-state index in [-0.39, 0.29) is 11.8 Å². The molecule has 96 valence electrons. The molecular weight excluding hydrogens is 220 g/mol. The molecule has 5 N–H and O–H groups in total. The number of hydrogen-bond acceptors (Lipinski definition) is 6. The highest BCUT2D eigenvalue weighted by atomic mass is 16.2. The van der Waals surface area contributed by atoms with Gasteiger partial charge in [-0.15, -0.1) is 0 Å². The second-order valence-electron chi connectivity index (χ2n) is 4.24. The minimum absolute atomic E-state index is 0.0362. The fraction of sp³-hybridized carbons (Fsp3) is 0.800. The second-order valence-corrected chi connectivity index (χ2v) is 4.24. The lowest BCUT2D eigenvalue weighted by Crippen LogP contribution is -2.45. The molecule has 0 aromatic heterocycles. The molecule has 1 rings (SSSR count). The van der Waals surface area contributed by atoms with Gasteiger partial charge in [0.05, 0.1) is 5.71 Å². The first kappa shape index (κ1) is 13.7. The van der Waals surface area contributed by atoms with Crippen LogP contribution in [0.15, 0.2) is 5.22 Å². The van der Waals surface area contributed by atoms with E-state index in [0.29, 0.717) is 12.3 Å². The Morgan fingerprint density at radius 1 is 1.65 bits per heavy atom. The lowest BCUT2D eigenvalue weighted by atomic mass is 9.88. The monoisotopic (exact) mass is 240 g/mol. The van der Waals surface area contributed by atoms with Gasteiger partial charge < -0.3 is 10.6 Å². The number of piperidine rings is 1. The SMILES string of the molecule is CNC(CC(=N)C(=O)NN=N)C1CCCNC1. The summed E-state index contributed by atoms with van der Waals surface area (Å²) in [5, 5.41) is 16.9. The Hall–Kier alpha value is -1.34. The maximum Gasteiger partial charge on any atom is 0.286 e. The van der Waals surface area contributed by atoms with Crippen LogP contribution in [-0.4, -0.2) is 37.8 Å². The lowest BCUT2D eigenvalue weighted by molar-refractivity contribution is -0.115. The minimum Gasteiger partial charge on any atom is -0.316 e. The predicted molar refractivity (Wildman–Crippen MR) is 64.1 cm³/mol. The Morgan fingerprint density at radius 3 is 2.94 bits per heavy atom. The predicted octanol–water partition coefficient (Wildman–Crippen LogP) is 0.0460. The number of nitrogens with zero attached hydrogens (tertiary/aromatic N) is 1. The molecule has 7 heteroatoms. The minimum atomic E-state index is -0.594. The number of nitrogens with one attached hydrogen (secondary N) is 5. The third-order valence-electron chi connectivity index (χ3n) is 3.13. The van der Waals surface area contributed by atoms with Crippen molar-refractivity contribution < 1.29 is 4.79 Å². The van der Waals surface area contributed by atoms with Crippen molar-refractivity contribution in [2.75, 3.05) is 20.1 Å². The van der Waals surface area contributed by atoms with Crippen molar-refractivity contribution in [1.82, 2.24) is 16.1 Å². The average Bonchev–Trinajstić information content (AvgIpc) is 2.37. The third-order valence-corrected chi connectivity index (χ3v) is 3.13. The number of amides is 1. The standard InChI is InChI=1S/C10H20N6O/c1-13-9(7-3-2-4-14-6-7)5-8(11)10(17)15-16-12/h7,9,11,13-14H,2-6H2,1H3,(H2,12,15,17). The number of carbonyl (C=O) groups is 1. The van der Waals surface area contributed by atoms with Crippen LogP contribution in [0, 0.1) is 16.9 Å². The fourth-order valence-corrected chi connectivity index (χ4v) is 2.16. The van der Waals surface area contributed by atoms with Crippen molar-refractivity contribution in [3.8, 4) is 0 Å². The Labute approximate surface area is 101 Å². The summed E-state index contributed by atoms with van der Waals surface area (Å²) in [6, 6.07) is 0.117. The Kier molecular flexibility index (Phi) is 5.71. The summed E-state index contributed by atoms with van der Waals surface area (Å²) >= 11 is 0. The summed E-state index contributed by atoms with van der Waals surface area (Å²) in [6.07, 6.45) is 2.60. The number of rotatable bonds is 6. The topological polar surface area (TPSA) is 113 Å². The van der Waals surface area contributed by atoms with Crippen LogP contribution in [0.5, 0.6) is 0 Å². The van der Waals surface area contributed by atoms with E-state index < -0.39 is 5.91 Å². The van der Waals surface area contributed by atoms with Crippen molar-refractivity contribution in [2.45, 2.75) is 25.3 Å². The largest absolute Gasteiger partial charge is 0.316 e. The molecule has 0 aromatic carbocycles. The van der Waals surface area contributed by atoms with Crippen molar-refractivity contribution in [3.63, 3.8) is 0 Å². The van der Waals surface area contributed by atoms with E-state index in [2.05, 4.69) is 15.9 Å². The van der Waals surface area contributed by atoms with E-state index in [0.717, 1.165) is 25.9 Å². The number of hydrogen-bond donors (Lipinski definition) is 5. The molecule has 1 heterocycles. The molecule has 7 nitrogen and oxygen atoms in total. The smallest absolute Gasteiger partial charge is 0.286 e. The molecular formula is C10H20N6O. The van der Waals surface area contributed by atoms with Crippen LogP contribution in [0.3, 0.4) is 0 Å². The van der Waals surface area contributed by atoms with Crippen LogP contribution in [0.2, 0.25) is 0 Å². The van der Waals surface area contributed by atoms with Crippen LogP contribution >= 0.6 is 0 Å². The van der Waals surface area contributed by atoms with E-state index in [9.17, 15) is 4.79 Å². The van der Waals surface area contributed by atoms with Gasteiger partial charge in [0.15, 0.2) is 0 Å². The maximum atomic E-state index is 11.3. The number of carbonyl (C=O) groups excluding carboxylic acids is 1. The molecule has 1 fully saturated rings. The van der Waals surface area contributed by atoms with Crippen LogP contribution in [0.25, 0.3) is 0 Å². The average molecular weight is 240 g/mol. The van der Waals surface area contributed by atoms with Gasteiger partial charge in [0, 0.05) is 12.5 Å². The molecule has 0 aliphatic carbocycles. The van der Waals surface area contributed by atoms with E-state index in [1.807, 2.05) is 12.5 Å². The molecule has 0 bridgehead atoms. The molecule has 1 saturated heterocycles. The molecule has 2 unspecified atom stereocenters. The highest BCUT2D eigenvalue weighted by Gasteiger charge is 2.25. The van der Waals surface area contributed by atoms with Crippen molar-refractivity contribution in [1.29, 1.82) is 10.9 Å². The lowest BCUT2D eigenvalue weighted by Gasteiger charge is -2.30. The van der Waals surface area contributed by atoms with Crippen LogP contribution in [0.4, 0.5) is 0 Å². The highest BCUT2D eigenvalue weighted by Crippen LogP contribution is 2.16. The Morgan fingerprint density at radius 2 is 2.41 bits per heavy atom.